The molecule has 19 heavy (non-hydrogen) atoms. The summed E-state index contributed by atoms with van der Waals surface area (Å²) < 4.78 is 0. The van der Waals surface area contributed by atoms with Gasteiger partial charge >= 0.3 is 0 Å². The van der Waals surface area contributed by atoms with Crippen molar-refractivity contribution >= 4 is 34.1 Å². The molecular formula is C14H10ClN3O. The molecule has 0 radical (unpaired) electrons. The second kappa shape index (κ2) is 4.74. The standard InChI is InChI=1S/C14H10ClN3O/c15-13-8-9(4-6-17-13)18-14(19)11-2-1-3-12-10(11)5-7-16-12/h1-8,16H,(H,17,18,19). The highest BCUT2D eigenvalue weighted by Gasteiger charge is 2.10. The molecule has 1 aromatic carbocycles. The summed E-state index contributed by atoms with van der Waals surface area (Å²) in [4.78, 5) is 19.2. The Balaban J connectivity index is 1.94. The van der Waals surface area contributed by atoms with E-state index >= 15 is 0 Å². The zero-order chi connectivity index (χ0) is 13.2. The van der Waals surface area contributed by atoms with Gasteiger partial charge in [-0.25, -0.2) is 4.98 Å². The Morgan fingerprint density at radius 3 is 3.00 bits per heavy atom. The number of rotatable bonds is 2. The topological polar surface area (TPSA) is 57.8 Å². The van der Waals surface area contributed by atoms with E-state index in [1.165, 1.54) is 0 Å². The maximum atomic E-state index is 12.2. The van der Waals surface area contributed by atoms with Crippen molar-refractivity contribution in [2.24, 2.45) is 0 Å². The highest BCUT2D eigenvalue weighted by atomic mass is 35.5. The Hall–Kier alpha value is -2.33. The lowest BCUT2D eigenvalue weighted by molar-refractivity contribution is 0.102. The summed E-state index contributed by atoms with van der Waals surface area (Å²) in [5.74, 6) is -0.174. The van der Waals surface area contributed by atoms with Crippen molar-refractivity contribution in [3.63, 3.8) is 0 Å². The average Bonchev–Trinajstić information content (AvgIpc) is 2.86. The van der Waals surface area contributed by atoms with Crippen molar-refractivity contribution in [2.45, 2.75) is 0 Å². The molecule has 0 atom stereocenters. The zero-order valence-electron chi connectivity index (χ0n) is 9.85. The molecule has 0 saturated heterocycles. The molecule has 0 spiro atoms. The van der Waals surface area contributed by atoms with Crippen molar-refractivity contribution in [1.82, 2.24) is 9.97 Å². The highest BCUT2D eigenvalue weighted by molar-refractivity contribution is 6.29. The Kier molecular flexibility index (Phi) is 2.93. The van der Waals surface area contributed by atoms with Crippen LogP contribution in [0.25, 0.3) is 10.9 Å². The predicted molar refractivity (Wildman–Crippen MR) is 75.5 cm³/mol. The van der Waals surface area contributed by atoms with E-state index in [4.69, 9.17) is 11.6 Å². The number of halogens is 1. The van der Waals surface area contributed by atoms with Crippen LogP contribution in [0.15, 0.2) is 48.8 Å². The number of hydrogen-bond donors (Lipinski definition) is 2. The SMILES string of the molecule is O=C(Nc1ccnc(Cl)c1)c1cccc2[nH]ccc12. The molecule has 4 nitrogen and oxygen atoms in total. The van der Waals surface area contributed by atoms with Crippen LogP contribution in [0.3, 0.4) is 0 Å². The van der Waals surface area contributed by atoms with Gasteiger partial charge in [0.15, 0.2) is 0 Å². The molecule has 0 bridgehead atoms. The summed E-state index contributed by atoms with van der Waals surface area (Å²) in [6.07, 6.45) is 3.36. The molecule has 2 N–H and O–H groups in total. The van der Waals surface area contributed by atoms with Crippen LogP contribution in [0.4, 0.5) is 5.69 Å². The third kappa shape index (κ3) is 2.30. The molecule has 5 heteroatoms. The van der Waals surface area contributed by atoms with E-state index in [9.17, 15) is 4.79 Å². The minimum Gasteiger partial charge on any atom is -0.361 e. The molecule has 0 unspecified atom stereocenters. The third-order valence-electron chi connectivity index (χ3n) is 2.82. The first-order chi connectivity index (χ1) is 9.24. The number of benzene rings is 1. The third-order valence-corrected chi connectivity index (χ3v) is 3.03. The molecule has 0 fully saturated rings. The number of amides is 1. The zero-order valence-corrected chi connectivity index (χ0v) is 10.6. The molecule has 0 aliphatic rings. The summed E-state index contributed by atoms with van der Waals surface area (Å²) in [5, 5.41) is 4.04. The number of fused-ring (bicyclic) bond motifs is 1. The summed E-state index contributed by atoms with van der Waals surface area (Å²) in [6, 6.07) is 10.7. The lowest BCUT2D eigenvalue weighted by atomic mass is 10.1. The van der Waals surface area contributed by atoms with Crippen LogP contribution in [0.1, 0.15) is 10.4 Å². The predicted octanol–water partition coefficient (Wildman–Crippen LogP) is 3.47. The lowest BCUT2D eigenvalue weighted by Gasteiger charge is -2.06. The van der Waals surface area contributed by atoms with Gasteiger partial charge in [-0.1, -0.05) is 17.7 Å². The first kappa shape index (κ1) is 11.7. The van der Waals surface area contributed by atoms with E-state index in [1.807, 2.05) is 24.4 Å². The molecule has 2 aromatic heterocycles. The fourth-order valence-electron chi connectivity index (χ4n) is 1.96. The molecule has 0 aliphatic carbocycles. The van der Waals surface area contributed by atoms with Gasteiger partial charge in [0.1, 0.15) is 5.15 Å². The molecule has 1 amide bonds. The van der Waals surface area contributed by atoms with Crippen molar-refractivity contribution < 1.29 is 4.79 Å². The number of hydrogen-bond acceptors (Lipinski definition) is 2. The Bertz CT molecular complexity index is 751. The smallest absolute Gasteiger partial charge is 0.256 e. The number of H-pyrrole nitrogens is 1. The maximum absolute atomic E-state index is 12.2. The highest BCUT2D eigenvalue weighted by Crippen LogP contribution is 2.19. The monoisotopic (exact) mass is 271 g/mol. The quantitative estimate of drug-likeness (QED) is 0.701. The van der Waals surface area contributed by atoms with Gasteiger partial charge in [0.2, 0.25) is 0 Å². The number of aromatic amines is 1. The van der Waals surface area contributed by atoms with Gasteiger partial charge in [0, 0.05) is 34.5 Å². The van der Waals surface area contributed by atoms with Crippen LogP contribution in [0, 0.1) is 0 Å². The largest absolute Gasteiger partial charge is 0.361 e. The Morgan fingerprint density at radius 1 is 1.26 bits per heavy atom. The number of nitrogens with zero attached hydrogens (tertiary/aromatic N) is 1. The minimum absolute atomic E-state index is 0.174. The van der Waals surface area contributed by atoms with Crippen LogP contribution in [0.2, 0.25) is 5.15 Å². The second-order valence-electron chi connectivity index (χ2n) is 4.07. The fourth-order valence-corrected chi connectivity index (χ4v) is 2.14. The first-order valence-electron chi connectivity index (χ1n) is 5.73. The summed E-state index contributed by atoms with van der Waals surface area (Å²) in [5.41, 5.74) is 2.17. The summed E-state index contributed by atoms with van der Waals surface area (Å²) >= 11 is 5.78. The molecule has 94 valence electrons. The van der Waals surface area contributed by atoms with Gasteiger partial charge in [-0.2, -0.15) is 0 Å². The first-order valence-corrected chi connectivity index (χ1v) is 6.11. The average molecular weight is 272 g/mol. The molecule has 3 aromatic rings. The van der Waals surface area contributed by atoms with Gasteiger partial charge < -0.3 is 10.3 Å². The van der Waals surface area contributed by atoms with Crippen LogP contribution in [-0.4, -0.2) is 15.9 Å². The summed E-state index contributed by atoms with van der Waals surface area (Å²) in [7, 11) is 0. The van der Waals surface area contributed by atoms with Crippen LogP contribution in [0.5, 0.6) is 0 Å². The molecular weight excluding hydrogens is 262 g/mol. The number of carbonyl (C=O) groups is 1. The van der Waals surface area contributed by atoms with Crippen molar-refractivity contribution in [2.75, 3.05) is 5.32 Å². The van der Waals surface area contributed by atoms with Crippen molar-refractivity contribution in [1.29, 1.82) is 0 Å². The molecule has 2 heterocycles. The van der Waals surface area contributed by atoms with Gasteiger partial charge in [-0.15, -0.1) is 0 Å². The summed E-state index contributed by atoms with van der Waals surface area (Å²) in [6.45, 7) is 0. The van der Waals surface area contributed by atoms with Crippen molar-refractivity contribution in [3.8, 4) is 0 Å². The van der Waals surface area contributed by atoms with E-state index in [2.05, 4.69) is 15.3 Å². The fraction of sp³-hybridized carbons (Fsp3) is 0. The van der Waals surface area contributed by atoms with E-state index in [-0.39, 0.29) is 5.91 Å². The van der Waals surface area contributed by atoms with E-state index < -0.39 is 0 Å². The van der Waals surface area contributed by atoms with Gasteiger partial charge in [0.25, 0.3) is 5.91 Å². The van der Waals surface area contributed by atoms with Crippen LogP contribution < -0.4 is 5.32 Å². The second-order valence-corrected chi connectivity index (χ2v) is 4.45. The lowest BCUT2D eigenvalue weighted by Crippen LogP contribution is -2.12. The van der Waals surface area contributed by atoms with Crippen molar-refractivity contribution in [3.05, 3.63) is 59.5 Å². The molecule has 0 saturated carbocycles. The Labute approximate surface area is 114 Å². The van der Waals surface area contributed by atoms with Crippen LogP contribution >= 0.6 is 11.6 Å². The van der Waals surface area contributed by atoms with Gasteiger partial charge in [-0.05, 0) is 30.3 Å². The number of aromatic nitrogens is 2. The number of nitrogens with one attached hydrogen (secondary N) is 2. The van der Waals surface area contributed by atoms with E-state index in [0.717, 1.165) is 10.9 Å². The maximum Gasteiger partial charge on any atom is 0.256 e. The Morgan fingerprint density at radius 2 is 2.16 bits per heavy atom. The number of carbonyl (C=O) groups excluding carboxylic acids is 1. The molecule has 0 aliphatic heterocycles. The van der Waals surface area contributed by atoms with E-state index in [1.54, 1.807) is 24.4 Å². The number of anilines is 1. The van der Waals surface area contributed by atoms with Crippen LogP contribution in [-0.2, 0) is 0 Å². The normalized spacial score (nSPS) is 10.6. The van der Waals surface area contributed by atoms with Gasteiger partial charge in [0.05, 0.1) is 0 Å². The molecule has 3 rings (SSSR count). The van der Waals surface area contributed by atoms with Gasteiger partial charge in [-0.3, -0.25) is 4.79 Å². The minimum atomic E-state index is -0.174. The number of pyridine rings is 1. The van der Waals surface area contributed by atoms with E-state index in [0.29, 0.717) is 16.4 Å².